The van der Waals surface area contributed by atoms with Crippen molar-refractivity contribution in [2.45, 2.75) is 55.6 Å². The highest BCUT2D eigenvalue weighted by molar-refractivity contribution is 7.99. The van der Waals surface area contributed by atoms with E-state index in [0.717, 1.165) is 42.9 Å². The normalized spacial score (nSPS) is 19.9. The average Bonchev–Trinajstić information content (AvgIpc) is 3.38. The Balaban J connectivity index is 1.36. The lowest BCUT2D eigenvalue weighted by atomic mass is 10.0. The van der Waals surface area contributed by atoms with Gasteiger partial charge in [-0.05, 0) is 25.0 Å². The zero-order valence-electron chi connectivity index (χ0n) is 26.4. The highest BCUT2D eigenvalue weighted by atomic mass is 32.2. The molecule has 0 radical (unpaired) electrons. The topological polar surface area (TPSA) is 140 Å². The number of likely N-dealkylation sites (tertiary alicyclic amines) is 1. The number of aliphatic hydroxyl groups excluding tert-OH is 2. The van der Waals surface area contributed by atoms with E-state index in [1.165, 1.54) is 16.4 Å². The maximum Gasteiger partial charge on any atom is 0.417 e. The zero-order chi connectivity index (χ0) is 33.8. The minimum atomic E-state index is -4.55. The molecular weight excluding hydrogens is 661 g/mol. The lowest BCUT2D eigenvalue weighted by Gasteiger charge is -2.33. The first-order valence-electron chi connectivity index (χ1n) is 15.8. The van der Waals surface area contributed by atoms with Crippen LogP contribution in [0.15, 0.2) is 23.1 Å². The number of β-amino-alcohol motifs (C(OH)–C–C–N with tert-alkyl or cyclic N) is 1. The van der Waals surface area contributed by atoms with Crippen molar-refractivity contribution in [2.24, 2.45) is 0 Å². The fourth-order valence-electron chi connectivity index (χ4n) is 6.35. The summed E-state index contributed by atoms with van der Waals surface area (Å²) in [5.41, 5.74) is 1.52. The second-order valence-electron chi connectivity index (χ2n) is 12.3. The van der Waals surface area contributed by atoms with Crippen LogP contribution in [0.4, 0.5) is 13.2 Å². The fraction of sp³-hybridized carbons (Fsp3) is 0.667. The lowest BCUT2D eigenvalue weighted by molar-refractivity contribution is -0.139. The molecule has 2 fully saturated rings. The van der Waals surface area contributed by atoms with Crippen molar-refractivity contribution in [1.29, 1.82) is 0 Å². The van der Waals surface area contributed by atoms with E-state index in [9.17, 15) is 31.5 Å². The first-order valence-corrected chi connectivity index (χ1v) is 18.6. The summed E-state index contributed by atoms with van der Waals surface area (Å²) in [4.78, 5) is 15.8. The summed E-state index contributed by atoms with van der Waals surface area (Å²) in [5, 5.41) is 27.6. The van der Waals surface area contributed by atoms with E-state index in [4.69, 9.17) is 14.9 Å². The van der Waals surface area contributed by atoms with E-state index >= 15 is 0 Å². The number of amides is 1. The molecular formula is C30H43F3N6O6S2. The Labute approximate surface area is 277 Å². The summed E-state index contributed by atoms with van der Waals surface area (Å²) in [5.74, 6) is 0.0435. The van der Waals surface area contributed by atoms with Gasteiger partial charge in [0.1, 0.15) is 6.61 Å². The van der Waals surface area contributed by atoms with Crippen LogP contribution < -0.4 is 5.32 Å². The second-order valence-corrected chi connectivity index (χ2v) is 15.4. The summed E-state index contributed by atoms with van der Waals surface area (Å²) in [7, 11) is -3.54. The molecule has 1 aromatic heterocycles. The number of aromatic nitrogens is 2. The van der Waals surface area contributed by atoms with Crippen LogP contribution in [0, 0.1) is 0 Å². The van der Waals surface area contributed by atoms with Crippen molar-refractivity contribution >= 4 is 27.7 Å². The summed E-state index contributed by atoms with van der Waals surface area (Å²) < 4.78 is 75.5. The van der Waals surface area contributed by atoms with Gasteiger partial charge in [-0.1, -0.05) is 6.07 Å². The van der Waals surface area contributed by atoms with Gasteiger partial charge in [-0.25, -0.2) is 8.42 Å². The van der Waals surface area contributed by atoms with Crippen LogP contribution in [0.3, 0.4) is 0 Å². The number of aliphatic hydroxyl groups is 2. The summed E-state index contributed by atoms with van der Waals surface area (Å²) >= 11 is 1.14. The van der Waals surface area contributed by atoms with Crippen LogP contribution in [-0.2, 0) is 45.2 Å². The molecule has 17 heteroatoms. The number of benzene rings is 1. The molecule has 5 rings (SSSR count). The molecule has 2 aromatic rings. The molecule has 0 aliphatic carbocycles. The van der Waals surface area contributed by atoms with Crippen molar-refractivity contribution < 1.29 is 41.3 Å². The number of morpholine rings is 1. The van der Waals surface area contributed by atoms with Gasteiger partial charge >= 0.3 is 6.18 Å². The van der Waals surface area contributed by atoms with Gasteiger partial charge in [0, 0.05) is 92.3 Å². The largest absolute Gasteiger partial charge is 0.417 e. The standard InChI is InChI=1S/C30H43F3N6O6S2/c1-47(43,44)38-9-6-26-24(19-38)29(35-39(26)18-23(41)17-37-7-4-22(5-8-37)34-28(42)20-40)21-2-3-25(30(31,32)33)27(16-21)46-15-12-36-10-13-45-14-11-36/h2-3,16,22-23,40-41H,4-15,17-20H2,1H3,(H,34,42). The Bertz CT molecular complexity index is 1490. The van der Waals surface area contributed by atoms with Crippen molar-refractivity contribution in [3.05, 3.63) is 35.0 Å². The Kier molecular flexibility index (Phi) is 11.9. The summed E-state index contributed by atoms with van der Waals surface area (Å²) in [6.45, 7) is 4.79. The van der Waals surface area contributed by atoms with E-state index in [2.05, 4.69) is 15.1 Å². The predicted octanol–water partition coefficient (Wildman–Crippen LogP) is 1.24. The summed E-state index contributed by atoms with van der Waals surface area (Å²) in [6.07, 6.45) is -2.52. The maximum atomic E-state index is 14.1. The smallest absolute Gasteiger partial charge is 0.390 e. The number of sulfonamides is 1. The molecule has 47 heavy (non-hydrogen) atoms. The molecule has 1 atom stereocenters. The van der Waals surface area contributed by atoms with E-state index in [-0.39, 0.29) is 30.6 Å². The van der Waals surface area contributed by atoms with E-state index in [0.29, 0.717) is 81.2 Å². The summed E-state index contributed by atoms with van der Waals surface area (Å²) in [6, 6.07) is 3.91. The maximum absolute atomic E-state index is 14.1. The average molecular weight is 705 g/mol. The predicted molar refractivity (Wildman–Crippen MR) is 170 cm³/mol. The zero-order valence-corrected chi connectivity index (χ0v) is 28.0. The van der Waals surface area contributed by atoms with Gasteiger partial charge < -0.3 is 25.2 Å². The SMILES string of the molecule is CS(=O)(=O)N1CCc2c(c(-c3ccc(C(F)(F)F)c(SCCN4CCOCC4)c3)nn2CC(O)CN2CCC(NC(=O)CO)CC2)C1. The van der Waals surface area contributed by atoms with E-state index in [1.807, 2.05) is 0 Å². The number of thioether (sulfide) groups is 1. The van der Waals surface area contributed by atoms with Gasteiger partial charge in [-0.15, -0.1) is 11.8 Å². The Morgan fingerprint density at radius 1 is 1.13 bits per heavy atom. The fourth-order valence-corrected chi connectivity index (χ4v) is 8.26. The van der Waals surface area contributed by atoms with Crippen molar-refractivity contribution in [1.82, 2.24) is 29.2 Å². The minimum Gasteiger partial charge on any atom is -0.390 e. The highest BCUT2D eigenvalue weighted by Gasteiger charge is 2.35. The van der Waals surface area contributed by atoms with Crippen LogP contribution in [0.25, 0.3) is 11.3 Å². The molecule has 4 heterocycles. The third-order valence-corrected chi connectivity index (χ3v) is 11.1. The number of halogens is 3. The number of nitrogens with one attached hydrogen (secondary N) is 1. The number of rotatable bonds is 12. The quantitative estimate of drug-likeness (QED) is 0.277. The Morgan fingerprint density at radius 3 is 2.51 bits per heavy atom. The number of carbonyl (C=O) groups is 1. The van der Waals surface area contributed by atoms with Crippen LogP contribution in [-0.4, -0.2) is 138 Å². The first-order chi connectivity index (χ1) is 22.3. The van der Waals surface area contributed by atoms with Gasteiger partial charge in [0.05, 0.1) is 43.4 Å². The molecule has 1 unspecified atom stereocenters. The molecule has 3 aliphatic rings. The van der Waals surface area contributed by atoms with E-state index < -0.39 is 40.4 Å². The van der Waals surface area contributed by atoms with Gasteiger partial charge in [0.2, 0.25) is 15.9 Å². The molecule has 0 saturated carbocycles. The molecule has 0 bridgehead atoms. The number of hydrogen-bond donors (Lipinski definition) is 3. The first kappa shape index (κ1) is 36.0. The molecule has 12 nitrogen and oxygen atoms in total. The molecule has 1 amide bonds. The molecule has 3 aliphatic heterocycles. The van der Waals surface area contributed by atoms with Crippen molar-refractivity contribution in [2.75, 3.05) is 77.6 Å². The molecule has 0 spiro atoms. The number of carbonyl (C=O) groups excluding carboxylic acids is 1. The van der Waals surface area contributed by atoms with Crippen LogP contribution in [0.1, 0.15) is 29.7 Å². The third-order valence-electron chi connectivity index (χ3n) is 8.85. The molecule has 3 N–H and O–H groups in total. The number of nitrogens with zero attached hydrogens (tertiary/aromatic N) is 5. The van der Waals surface area contributed by atoms with Crippen LogP contribution in [0.2, 0.25) is 0 Å². The number of fused-ring (bicyclic) bond motifs is 1. The number of piperidine rings is 1. The van der Waals surface area contributed by atoms with Crippen LogP contribution >= 0.6 is 11.8 Å². The molecule has 262 valence electrons. The minimum absolute atomic E-state index is 0.0346. The number of alkyl halides is 3. The molecule has 1 aromatic carbocycles. The highest BCUT2D eigenvalue weighted by Crippen LogP contribution is 2.40. The van der Waals surface area contributed by atoms with Gasteiger partial charge in [-0.3, -0.25) is 14.4 Å². The number of hydrogen-bond acceptors (Lipinski definition) is 10. The van der Waals surface area contributed by atoms with E-state index in [1.54, 1.807) is 4.68 Å². The van der Waals surface area contributed by atoms with Crippen molar-refractivity contribution in [3.63, 3.8) is 0 Å². The van der Waals surface area contributed by atoms with Gasteiger partial charge in [-0.2, -0.15) is 22.6 Å². The lowest BCUT2D eigenvalue weighted by Crippen LogP contribution is -2.47. The molecule has 2 saturated heterocycles. The Morgan fingerprint density at radius 2 is 1.85 bits per heavy atom. The van der Waals surface area contributed by atoms with Gasteiger partial charge in [0.25, 0.3) is 0 Å². The monoisotopic (exact) mass is 704 g/mol. The van der Waals surface area contributed by atoms with Gasteiger partial charge in [0.15, 0.2) is 0 Å². The van der Waals surface area contributed by atoms with Crippen LogP contribution in [0.5, 0.6) is 0 Å². The number of ether oxygens (including phenoxy) is 1. The Hall–Kier alpha value is -2.25. The third kappa shape index (κ3) is 9.47. The van der Waals surface area contributed by atoms with Crippen molar-refractivity contribution in [3.8, 4) is 11.3 Å². The second kappa shape index (κ2) is 15.5.